The van der Waals surface area contributed by atoms with Crippen molar-refractivity contribution in [3.8, 4) is 22.3 Å². The van der Waals surface area contributed by atoms with Crippen LogP contribution in [-0.4, -0.2) is 0 Å². The van der Waals surface area contributed by atoms with Crippen molar-refractivity contribution < 1.29 is 0 Å². The van der Waals surface area contributed by atoms with Gasteiger partial charge < -0.3 is 10.6 Å². The number of allylic oxidation sites excluding steroid dienone is 5. The van der Waals surface area contributed by atoms with Gasteiger partial charge >= 0.3 is 0 Å². The Morgan fingerprint density at radius 3 is 1.58 bits per heavy atom. The molecule has 0 aromatic heterocycles. The highest BCUT2D eigenvalue weighted by Crippen LogP contribution is 2.51. The Bertz CT molecular complexity index is 3370. The number of nitrogen functional groups attached to an aromatic ring is 1. The highest BCUT2D eigenvalue weighted by molar-refractivity contribution is 6.25. The van der Waals surface area contributed by atoms with Crippen molar-refractivity contribution in [2.75, 3.05) is 10.6 Å². The Balaban J connectivity index is 0.000000340. The molecule has 12 rings (SSSR count). The van der Waals surface area contributed by atoms with Crippen LogP contribution in [0.1, 0.15) is 35.1 Å². The van der Waals surface area contributed by atoms with E-state index >= 15 is 0 Å². The quantitative estimate of drug-likeness (QED) is 0.138. The van der Waals surface area contributed by atoms with Crippen LogP contribution in [0.4, 0.5) is 22.7 Å². The zero-order valence-electron chi connectivity index (χ0n) is 37.3. The molecule has 0 bridgehead atoms. The van der Waals surface area contributed by atoms with E-state index in [2.05, 4.69) is 236 Å². The van der Waals surface area contributed by atoms with Gasteiger partial charge in [0.15, 0.2) is 0 Å². The molecule has 1 aliphatic carbocycles. The van der Waals surface area contributed by atoms with E-state index in [-0.39, 0.29) is 0 Å². The molecule has 0 amide bonds. The average molecular weight is 849 g/mol. The second kappa shape index (κ2) is 19.3. The summed E-state index contributed by atoms with van der Waals surface area (Å²) >= 11 is 0. The minimum atomic E-state index is 0.779. The van der Waals surface area contributed by atoms with Crippen molar-refractivity contribution in [3.63, 3.8) is 0 Å². The predicted octanol–water partition coefficient (Wildman–Crippen LogP) is 17.4. The van der Waals surface area contributed by atoms with Crippen molar-refractivity contribution in [2.45, 2.75) is 26.2 Å². The zero-order chi connectivity index (χ0) is 44.7. The smallest absolute Gasteiger partial charge is 0.0561 e. The second-order valence-corrected chi connectivity index (χ2v) is 17.0. The van der Waals surface area contributed by atoms with Gasteiger partial charge in [-0.3, -0.25) is 0 Å². The first-order valence-electron chi connectivity index (χ1n) is 23.0. The van der Waals surface area contributed by atoms with Crippen LogP contribution in [0, 0.1) is 6.92 Å². The molecule has 1 heterocycles. The van der Waals surface area contributed by atoms with Crippen molar-refractivity contribution in [1.29, 1.82) is 0 Å². The van der Waals surface area contributed by atoms with Crippen LogP contribution in [0.5, 0.6) is 0 Å². The highest BCUT2D eigenvalue weighted by atomic mass is 15.2. The first kappa shape index (κ1) is 41.8. The summed E-state index contributed by atoms with van der Waals surface area (Å²) in [6.45, 7) is 2.08. The van der Waals surface area contributed by atoms with Crippen molar-refractivity contribution in [3.05, 3.63) is 271 Å². The van der Waals surface area contributed by atoms with Crippen LogP contribution in [0.2, 0.25) is 0 Å². The third-order valence-corrected chi connectivity index (χ3v) is 12.6. The van der Waals surface area contributed by atoms with Gasteiger partial charge in [-0.25, -0.2) is 0 Å². The Kier molecular flexibility index (Phi) is 12.2. The molecule has 0 atom stereocenters. The summed E-state index contributed by atoms with van der Waals surface area (Å²) in [4.78, 5) is 2.37. The predicted molar refractivity (Wildman–Crippen MR) is 285 cm³/mol. The summed E-state index contributed by atoms with van der Waals surface area (Å²) in [7, 11) is 0. The molecule has 0 saturated heterocycles. The molecule has 10 aromatic carbocycles. The molecule has 66 heavy (non-hydrogen) atoms. The topological polar surface area (TPSA) is 29.3 Å². The van der Waals surface area contributed by atoms with Crippen LogP contribution >= 0.6 is 0 Å². The molecule has 0 unspecified atom stereocenters. The van der Waals surface area contributed by atoms with Crippen LogP contribution in [0.15, 0.2) is 249 Å². The maximum absolute atomic E-state index is 6.82. The van der Waals surface area contributed by atoms with Gasteiger partial charge in [-0.2, -0.15) is 0 Å². The highest BCUT2D eigenvalue weighted by Gasteiger charge is 2.29. The number of hydrogen-bond acceptors (Lipinski definition) is 2. The molecule has 2 nitrogen and oxygen atoms in total. The van der Waals surface area contributed by atoms with Crippen LogP contribution in [-0.2, 0) is 6.42 Å². The maximum atomic E-state index is 6.82. The van der Waals surface area contributed by atoms with Gasteiger partial charge in [-0.05, 0) is 134 Å². The third kappa shape index (κ3) is 8.70. The first-order chi connectivity index (χ1) is 32.6. The van der Waals surface area contributed by atoms with Crippen LogP contribution < -0.4 is 10.6 Å². The third-order valence-electron chi connectivity index (χ3n) is 12.6. The number of rotatable bonds is 5. The molecule has 2 heteroatoms. The Labute approximate surface area is 388 Å². The van der Waals surface area contributed by atoms with E-state index in [1.54, 1.807) is 0 Å². The lowest BCUT2D eigenvalue weighted by Crippen LogP contribution is -2.19. The van der Waals surface area contributed by atoms with Gasteiger partial charge in [0.2, 0.25) is 0 Å². The number of aryl methyl sites for hydroxylation is 1. The zero-order valence-corrected chi connectivity index (χ0v) is 37.3. The Morgan fingerprint density at radius 2 is 0.955 bits per heavy atom. The number of anilines is 4. The lowest BCUT2D eigenvalue weighted by Gasteiger charge is -2.35. The SMILES string of the molecule is C1=CCCC=C1.Cc1ccccc1.Nc1cccc2c1/C(=C\Cc1ccccc1)c1ccccc1N2c1cccc(-c2cccc(-c3ccc4c5ccccc5c5ccccc5c4c3)c2)c1. The number of para-hydroxylation sites is 1. The number of nitrogens with two attached hydrogens (primary N) is 1. The summed E-state index contributed by atoms with van der Waals surface area (Å²) in [5.41, 5.74) is 21.7. The van der Waals surface area contributed by atoms with E-state index in [0.29, 0.717) is 0 Å². The van der Waals surface area contributed by atoms with Crippen molar-refractivity contribution >= 4 is 60.6 Å². The molecule has 2 N–H and O–H groups in total. The molecule has 318 valence electrons. The molecule has 0 fully saturated rings. The first-order valence-corrected chi connectivity index (χ1v) is 23.0. The molecule has 2 aliphatic rings. The van der Waals surface area contributed by atoms with E-state index < -0.39 is 0 Å². The van der Waals surface area contributed by atoms with Gasteiger partial charge in [0.05, 0.1) is 11.4 Å². The summed E-state index contributed by atoms with van der Waals surface area (Å²) in [6.07, 6.45) is 14.2. The van der Waals surface area contributed by atoms with E-state index in [1.165, 1.54) is 84.1 Å². The molecule has 0 saturated carbocycles. The largest absolute Gasteiger partial charge is 0.398 e. The molecular weight excluding hydrogens is 797 g/mol. The summed E-state index contributed by atoms with van der Waals surface area (Å²) < 4.78 is 0. The molecule has 10 aromatic rings. The molecule has 1 aliphatic heterocycles. The fourth-order valence-electron chi connectivity index (χ4n) is 9.39. The number of hydrogen-bond donors (Lipinski definition) is 1. The van der Waals surface area contributed by atoms with Gasteiger partial charge in [-0.15, -0.1) is 0 Å². The van der Waals surface area contributed by atoms with Gasteiger partial charge in [0, 0.05) is 22.5 Å². The lowest BCUT2D eigenvalue weighted by molar-refractivity contribution is 1.04. The number of benzene rings is 10. The second-order valence-electron chi connectivity index (χ2n) is 17.0. The molecular formula is C64H52N2. The lowest BCUT2D eigenvalue weighted by atomic mass is 9.87. The monoisotopic (exact) mass is 848 g/mol. The fourth-order valence-corrected chi connectivity index (χ4v) is 9.39. The van der Waals surface area contributed by atoms with Gasteiger partial charge in [0.25, 0.3) is 0 Å². The summed E-state index contributed by atoms with van der Waals surface area (Å²) in [6, 6.07) is 78.1. The minimum Gasteiger partial charge on any atom is -0.398 e. The van der Waals surface area contributed by atoms with Crippen LogP contribution in [0.25, 0.3) is 60.1 Å². The van der Waals surface area contributed by atoms with E-state index in [0.717, 1.165) is 40.3 Å². The molecule has 0 radical (unpaired) electrons. The fraction of sp³-hybridized carbons (Fsp3) is 0.0625. The molecule has 0 spiro atoms. The van der Waals surface area contributed by atoms with Gasteiger partial charge in [-0.1, -0.05) is 212 Å². The number of fused-ring (bicyclic) bond motifs is 8. The summed E-state index contributed by atoms with van der Waals surface area (Å²) in [5.74, 6) is 0. The summed E-state index contributed by atoms with van der Waals surface area (Å²) in [5, 5.41) is 7.73. The van der Waals surface area contributed by atoms with E-state index in [1.807, 2.05) is 24.3 Å². The Morgan fingerprint density at radius 1 is 0.439 bits per heavy atom. The van der Waals surface area contributed by atoms with Gasteiger partial charge in [0.1, 0.15) is 0 Å². The van der Waals surface area contributed by atoms with Crippen molar-refractivity contribution in [1.82, 2.24) is 0 Å². The Hall–Kier alpha value is -8.20. The minimum absolute atomic E-state index is 0.779. The van der Waals surface area contributed by atoms with Crippen molar-refractivity contribution in [2.24, 2.45) is 0 Å². The standard InChI is InChI=1S/C51H36N2.C7H8.C6H8/c52-48-24-12-26-50-51(48)46(29-27-34-13-2-1-3-14-34)45-23-8-9-25-49(45)53(50)39-18-11-17-37(32-39)35-15-10-16-36(31-35)38-28-30-44-42-21-5-4-19-40(42)41-20-6-7-22-43(41)47(44)33-38;1-7-5-3-2-4-6-7;1-2-4-6-5-3-1/h1-26,28-33H,27,52H2;2-6H,1H3;1-4H,5-6H2/b46-29-;;. The average Bonchev–Trinajstić information content (AvgIpc) is 3.39. The normalized spacial score (nSPS) is 13.1. The number of nitrogens with zero attached hydrogens (tertiary/aromatic N) is 1. The maximum Gasteiger partial charge on any atom is 0.0561 e. The van der Waals surface area contributed by atoms with Crippen LogP contribution in [0.3, 0.4) is 0 Å². The van der Waals surface area contributed by atoms with E-state index in [9.17, 15) is 0 Å². The van der Waals surface area contributed by atoms with E-state index in [4.69, 9.17) is 5.73 Å².